The number of amides is 1. The van der Waals surface area contributed by atoms with Gasteiger partial charge < -0.3 is 9.97 Å². The molecule has 0 saturated carbocycles. The van der Waals surface area contributed by atoms with Crippen LogP contribution in [0.3, 0.4) is 0 Å². The standard InChI is InChI=1S/C16H15BrN4O/c1-2-10-4-3-5-13-11(7-19-15(10)13)8-20-21-16(22)14-6-12(17)9-18-14/h3-9,18-19H,2H2,1H3,(H,21,22)/b20-8+. The molecular weight excluding hydrogens is 344 g/mol. The summed E-state index contributed by atoms with van der Waals surface area (Å²) in [6.07, 6.45) is 6.20. The molecule has 0 radical (unpaired) electrons. The van der Waals surface area contributed by atoms with E-state index in [0.29, 0.717) is 5.69 Å². The van der Waals surface area contributed by atoms with E-state index in [1.807, 2.05) is 18.3 Å². The van der Waals surface area contributed by atoms with Crippen molar-refractivity contribution in [3.8, 4) is 0 Å². The largest absolute Gasteiger partial charge is 0.360 e. The number of aromatic amines is 2. The van der Waals surface area contributed by atoms with E-state index in [-0.39, 0.29) is 5.91 Å². The molecule has 2 aromatic heterocycles. The highest BCUT2D eigenvalue weighted by Crippen LogP contribution is 2.20. The summed E-state index contributed by atoms with van der Waals surface area (Å²) in [6, 6.07) is 7.87. The Kier molecular flexibility index (Phi) is 4.11. The van der Waals surface area contributed by atoms with Gasteiger partial charge in [0.1, 0.15) is 5.69 Å². The van der Waals surface area contributed by atoms with Crippen LogP contribution in [0.5, 0.6) is 0 Å². The maximum atomic E-state index is 11.9. The van der Waals surface area contributed by atoms with E-state index in [4.69, 9.17) is 0 Å². The van der Waals surface area contributed by atoms with Crippen molar-refractivity contribution in [3.05, 3.63) is 58.0 Å². The lowest BCUT2D eigenvalue weighted by Gasteiger charge is -1.99. The van der Waals surface area contributed by atoms with Gasteiger partial charge in [-0.3, -0.25) is 4.79 Å². The molecule has 22 heavy (non-hydrogen) atoms. The smallest absolute Gasteiger partial charge is 0.287 e. The van der Waals surface area contributed by atoms with Crippen molar-refractivity contribution in [1.82, 2.24) is 15.4 Å². The van der Waals surface area contributed by atoms with Gasteiger partial charge in [0.2, 0.25) is 0 Å². The van der Waals surface area contributed by atoms with E-state index in [2.05, 4.69) is 49.4 Å². The molecule has 6 heteroatoms. The average Bonchev–Trinajstić information content (AvgIpc) is 3.13. The molecule has 3 rings (SSSR count). The molecule has 3 aromatic rings. The maximum absolute atomic E-state index is 11.9. The molecule has 0 fully saturated rings. The van der Waals surface area contributed by atoms with Crippen LogP contribution in [-0.2, 0) is 6.42 Å². The van der Waals surface area contributed by atoms with Crippen molar-refractivity contribution in [2.75, 3.05) is 0 Å². The maximum Gasteiger partial charge on any atom is 0.287 e. The van der Waals surface area contributed by atoms with E-state index in [1.54, 1.807) is 18.5 Å². The van der Waals surface area contributed by atoms with Crippen LogP contribution < -0.4 is 5.43 Å². The summed E-state index contributed by atoms with van der Waals surface area (Å²) < 4.78 is 0.824. The topological polar surface area (TPSA) is 73.0 Å². The Morgan fingerprint density at radius 1 is 1.36 bits per heavy atom. The molecule has 1 aromatic carbocycles. The monoisotopic (exact) mass is 358 g/mol. The van der Waals surface area contributed by atoms with Gasteiger partial charge in [-0.2, -0.15) is 5.10 Å². The first-order chi connectivity index (χ1) is 10.7. The number of hydrogen-bond donors (Lipinski definition) is 3. The van der Waals surface area contributed by atoms with Crippen LogP contribution >= 0.6 is 15.9 Å². The fourth-order valence-electron chi connectivity index (χ4n) is 2.36. The van der Waals surface area contributed by atoms with Crippen molar-refractivity contribution in [2.45, 2.75) is 13.3 Å². The second kappa shape index (κ2) is 6.19. The molecule has 0 aliphatic heterocycles. The molecule has 1 amide bonds. The quantitative estimate of drug-likeness (QED) is 0.483. The van der Waals surface area contributed by atoms with Gasteiger partial charge in [0.15, 0.2) is 0 Å². The molecule has 0 bridgehead atoms. The summed E-state index contributed by atoms with van der Waals surface area (Å²) in [7, 11) is 0. The lowest BCUT2D eigenvalue weighted by molar-refractivity contribution is 0.0951. The van der Waals surface area contributed by atoms with Crippen LogP contribution in [0.1, 0.15) is 28.5 Å². The summed E-state index contributed by atoms with van der Waals surface area (Å²) in [6.45, 7) is 2.12. The summed E-state index contributed by atoms with van der Waals surface area (Å²) >= 11 is 3.29. The van der Waals surface area contributed by atoms with Gasteiger partial charge in [-0.25, -0.2) is 5.43 Å². The number of hydrogen-bond acceptors (Lipinski definition) is 2. The van der Waals surface area contributed by atoms with Crippen molar-refractivity contribution >= 4 is 39.0 Å². The zero-order chi connectivity index (χ0) is 15.5. The van der Waals surface area contributed by atoms with E-state index >= 15 is 0 Å². The Morgan fingerprint density at radius 3 is 2.95 bits per heavy atom. The van der Waals surface area contributed by atoms with E-state index in [0.717, 1.165) is 27.4 Å². The highest BCUT2D eigenvalue weighted by Gasteiger charge is 2.07. The first-order valence-electron chi connectivity index (χ1n) is 6.95. The number of fused-ring (bicyclic) bond motifs is 1. The Balaban J connectivity index is 1.77. The Bertz CT molecular complexity index is 847. The fraction of sp³-hybridized carbons (Fsp3) is 0.125. The molecule has 0 saturated heterocycles. The summed E-state index contributed by atoms with van der Waals surface area (Å²) in [4.78, 5) is 18.0. The van der Waals surface area contributed by atoms with Gasteiger partial charge in [-0.1, -0.05) is 25.1 Å². The number of para-hydroxylation sites is 1. The third-order valence-corrected chi connectivity index (χ3v) is 3.93. The van der Waals surface area contributed by atoms with Crippen molar-refractivity contribution in [1.29, 1.82) is 0 Å². The van der Waals surface area contributed by atoms with Crippen LogP contribution in [0, 0.1) is 0 Å². The number of nitrogens with zero attached hydrogens (tertiary/aromatic N) is 1. The van der Waals surface area contributed by atoms with Gasteiger partial charge in [-0.15, -0.1) is 0 Å². The first kappa shape index (κ1) is 14.6. The van der Waals surface area contributed by atoms with Crippen molar-refractivity contribution in [2.24, 2.45) is 5.10 Å². The van der Waals surface area contributed by atoms with Gasteiger partial charge in [0.25, 0.3) is 5.91 Å². The second-order valence-electron chi connectivity index (χ2n) is 4.87. The molecule has 0 spiro atoms. The number of H-pyrrole nitrogens is 2. The lowest BCUT2D eigenvalue weighted by Crippen LogP contribution is -2.17. The average molecular weight is 359 g/mol. The predicted octanol–water partition coefficient (Wildman–Crippen LogP) is 3.58. The molecular formula is C16H15BrN4O. The van der Waals surface area contributed by atoms with E-state index < -0.39 is 0 Å². The number of hydrazone groups is 1. The third kappa shape index (κ3) is 2.82. The number of nitrogens with one attached hydrogen (secondary N) is 3. The third-order valence-electron chi connectivity index (χ3n) is 3.48. The molecule has 5 nitrogen and oxygen atoms in total. The summed E-state index contributed by atoms with van der Waals surface area (Å²) in [5.74, 6) is -0.281. The zero-order valence-corrected chi connectivity index (χ0v) is 13.6. The molecule has 0 aliphatic rings. The molecule has 0 aliphatic carbocycles. The minimum atomic E-state index is -0.281. The van der Waals surface area contributed by atoms with Crippen molar-refractivity contribution in [3.63, 3.8) is 0 Å². The predicted molar refractivity (Wildman–Crippen MR) is 91.2 cm³/mol. The van der Waals surface area contributed by atoms with Crippen LogP contribution in [-0.4, -0.2) is 22.1 Å². The van der Waals surface area contributed by atoms with Gasteiger partial charge in [-0.05, 0) is 34.0 Å². The van der Waals surface area contributed by atoms with Crippen molar-refractivity contribution < 1.29 is 4.79 Å². The van der Waals surface area contributed by atoms with E-state index in [1.165, 1.54) is 5.56 Å². The number of carbonyl (C=O) groups is 1. The van der Waals surface area contributed by atoms with E-state index in [9.17, 15) is 4.79 Å². The zero-order valence-electron chi connectivity index (χ0n) is 12.0. The molecule has 112 valence electrons. The van der Waals surface area contributed by atoms with Crippen LogP contribution in [0.25, 0.3) is 10.9 Å². The van der Waals surface area contributed by atoms with Crippen LogP contribution in [0.15, 0.2) is 46.2 Å². The molecule has 0 unspecified atom stereocenters. The minimum Gasteiger partial charge on any atom is -0.360 e. The lowest BCUT2D eigenvalue weighted by atomic mass is 10.1. The fourth-order valence-corrected chi connectivity index (χ4v) is 2.70. The SMILES string of the molecule is CCc1cccc2c(/C=N/NC(=O)c3cc(Br)c[nH]3)c[nH]c12. The Morgan fingerprint density at radius 2 is 2.23 bits per heavy atom. The molecule has 3 N–H and O–H groups in total. The highest BCUT2D eigenvalue weighted by atomic mass is 79.9. The first-order valence-corrected chi connectivity index (χ1v) is 7.74. The number of rotatable bonds is 4. The molecule has 2 heterocycles. The van der Waals surface area contributed by atoms with Gasteiger partial charge >= 0.3 is 0 Å². The highest BCUT2D eigenvalue weighted by molar-refractivity contribution is 9.10. The second-order valence-corrected chi connectivity index (χ2v) is 5.78. The number of benzene rings is 1. The van der Waals surface area contributed by atoms with Crippen LogP contribution in [0.4, 0.5) is 0 Å². The minimum absolute atomic E-state index is 0.281. The number of carbonyl (C=O) groups excluding carboxylic acids is 1. The summed E-state index contributed by atoms with van der Waals surface area (Å²) in [5.41, 5.74) is 6.28. The number of aromatic nitrogens is 2. The number of aryl methyl sites for hydroxylation is 1. The molecule has 0 atom stereocenters. The van der Waals surface area contributed by atoms with Crippen LogP contribution in [0.2, 0.25) is 0 Å². The normalized spacial score (nSPS) is 11.4. The Labute approximate surface area is 135 Å². The summed E-state index contributed by atoms with van der Waals surface area (Å²) in [5, 5.41) is 5.12. The number of halogens is 1. The Hall–Kier alpha value is -2.34. The van der Waals surface area contributed by atoms with Gasteiger partial charge in [0, 0.05) is 33.3 Å². The van der Waals surface area contributed by atoms with Gasteiger partial charge in [0.05, 0.1) is 6.21 Å².